The number of hydrogen-bond acceptors (Lipinski definition) is 3. The van der Waals surface area contributed by atoms with Crippen molar-refractivity contribution in [3.63, 3.8) is 0 Å². The van der Waals surface area contributed by atoms with E-state index in [0.29, 0.717) is 0 Å². The molecule has 3 heteroatoms. The molecule has 1 fully saturated rings. The fraction of sp³-hybridized carbons (Fsp3) is 0.500. The van der Waals surface area contributed by atoms with Crippen LogP contribution in [0.3, 0.4) is 0 Å². The Kier molecular flexibility index (Phi) is 4.39. The van der Waals surface area contributed by atoms with Crippen LogP contribution in [0.1, 0.15) is 24.8 Å². The number of nitrogens with one attached hydrogen (secondary N) is 1. The third kappa shape index (κ3) is 3.53. The number of para-hydroxylation sites is 1. The summed E-state index contributed by atoms with van der Waals surface area (Å²) in [5, 5.41) is 4.76. The minimum Gasteiger partial charge on any atom is -0.370 e. The number of aromatic nitrogens is 1. The lowest BCUT2D eigenvalue weighted by Gasteiger charge is -2.29. The number of anilines is 1. The Bertz CT molecular complexity index is 600. The van der Waals surface area contributed by atoms with Gasteiger partial charge >= 0.3 is 0 Å². The topological polar surface area (TPSA) is 28.2 Å². The molecule has 3 nitrogen and oxygen atoms in total. The SMILES string of the molecule is Cc1cc2ccccc2nc1NCCC1CCN(C)CC1. The summed E-state index contributed by atoms with van der Waals surface area (Å²) in [6.45, 7) is 5.66. The molecule has 0 amide bonds. The second-order valence-corrected chi connectivity index (χ2v) is 6.31. The molecule has 1 aromatic carbocycles. The lowest BCUT2D eigenvalue weighted by molar-refractivity contribution is 0.215. The van der Waals surface area contributed by atoms with Gasteiger partial charge in [-0.15, -0.1) is 0 Å². The summed E-state index contributed by atoms with van der Waals surface area (Å²) in [5.74, 6) is 1.91. The highest BCUT2D eigenvalue weighted by Gasteiger charge is 2.16. The van der Waals surface area contributed by atoms with E-state index in [9.17, 15) is 0 Å². The zero-order chi connectivity index (χ0) is 14.7. The van der Waals surface area contributed by atoms with Gasteiger partial charge in [-0.25, -0.2) is 4.98 Å². The van der Waals surface area contributed by atoms with Crippen LogP contribution < -0.4 is 5.32 Å². The van der Waals surface area contributed by atoms with Gasteiger partial charge in [-0.2, -0.15) is 0 Å². The molecule has 0 spiro atoms. The Morgan fingerprint density at radius 2 is 2.00 bits per heavy atom. The average Bonchev–Trinajstić information content (AvgIpc) is 2.50. The van der Waals surface area contributed by atoms with Crippen LogP contribution in [0.25, 0.3) is 10.9 Å². The number of benzene rings is 1. The molecule has 112 valence electrons. The molecule has 0 atom stereocenters. The van der Waals surface area contributed by atoms with Gasteiger partial charge in [0.05, 0.1) is 5.52 Å². The maximum absolute atomic E-state index is 4.75. The summed E-state index contributed by atoms with van der Waals surface area (Å²) in [6.07, 6.45) is 3.92. The predicted octanol–water partition coefficient (Wildman–Crippen LogP) is 3.69. The van der Waals surface area contributed by atoms with E-state index in [0.717, 1.165) is 23.8 Å². The normalized spacial score (nSPS) is 17.2. The van der Waals surface area contributed by atoms with Gasteiger partial charge < -0.3 is 10.2 Å². The van der Waals surface area contributed by atoms with Crippen LogP contribution in [0.2, 0.25) is 0 Å². The second kappa shape index (κ2) is 6.44. The number of fused-ring (bicyclic) bond motifs is 1. The number of nitrogens with zero attached hydrogens (tertiary/aromatic N) is 2. The maximum atomic E-state index is 4.75. The highest BCUT2D eigenvalue weighted by Crippen LogP contribution is 2.22. The first-order chi connectivity index (χ1) is 10.2. The molecule has 0 bridgehead atoms. The largest absolute Gasteiger partial charge is 0.370 e. The van der Waals surface area contributed by atoms with Crippen LogP contribution in [0, 0.1) is 12.8 Å². The molecule has 0 unspecified atom stereocenters. The van der Waals surface area contributed by atoms with Crippen LogP contribution in [0.5, 0.6) is 0 Å². The Morgan fingerprint density at radius 3 is 2.81 bits per heavy atom. The van der Waals surface area contributed by atoms with E-state index in [2.05, 4.69) is 48.5 Å². The van der Waals surface area contributed by atoms with E-state index in [1.807, 2.05) is 6.07 Å². The fourth-order valence-electron chi connectivity index (χ4n) is 3.15. The van der Waals surface area contributed by atoms with Crippen molar-refractivity contribution in [1.82, 2.24) is 9.88 Å². The van der Waals surface area contributed by atoms with Gasteiger partial charge in [0.25, 0.3) is 0 Å². The van der Waals surface area contributed by atoms with Crippen molar-refractivity contribution < 1.29 is 0 Å². The van der Waals surface area contributed by atoms with Gasteiger partial charge in [0, 0.05) is 11.9 Å². The highest BCUT2D eigenvalue weighted by atomic mass is 15.1. The maximum Gasteiger partial charge on any atom is 0.129 e. The first kappa shape index (κ1) is 14.3. The first-order valence-corrected chi connectivity index (χ1v) is 8.01. The molecule has 1 N–H and O–H groups in total. The number of hydrogen-bond donors (Lipinski definition) is 1. The van der Waals surface area contributed by atoms with Crippen LogP contribution in [0.4, 0.5) is 5.82 Å². The van der Waals surface area contributed by atoms with Crippen LogP contribution in [-0.2, 0) is 0 Å². The van der Waals surface area contributed by atoms with Gasteiger partial charge in [-0.05, 0) is 69.9 Å². The van der Waals surface area contributed by atoms with Crippen molar-refractivity contribution in [2.45, 2.75) is 26.2 Å². The van der Waals surface area contributed by atoms with E-state index in [1.54, 1.807) is 0 Å². The zero-order valence-corrected chi connectivity index (χ0v) is 13.1. The third-order valence-electron chi connectivity index (χ3n) is 4.60. The summed E-state index contributed by atoms with van der Waals surface area (Å²) < 4.78 is 0. The molecule has 2 aromatic rings. The minimum absolute atomic E-state index is 0.870. The quantitative estimate of drug-likeness (QED) is 0.927. The average molecular weight is 283 g/mol. The molecule has 1 aliphatic rings. The number of aryl methyl sites for hydroxylation is 1. The standard InChI is InChI=1S/C18H25N3/c1-14-13-16-5-3-4-6-17(16)20-18(14)19-10-7-15-8-11-21(2)12-9-15/h3-6,13,15H,7-12H2,1-2H3,(H,19,20). The molecule has 3 rings (SSSR count). The number of rotatable bonds is 4. The Balaban J connectivity index is 1.59. The van der Waals surface area contributed by atoms with E-state index < -0.39 is 0 Å². The summed E-state index contributed by atoms with van der Waals surface area (Å²) >= 11 is 0. The van der Waals surface area contributed by atoms with Crippen LogP contribution in [-0.4, -0.2) is 36.6 Å². The summed E-state index contributed by atoms with van der Waals surface area (Å²) in [6, 6.07) is 10.5. The predicted molar refractivity (Wildman–Crippen MR) is 89.8 cm³/mol. The Labute approximate surface area is 127 Å². The van der Waals surface area contributed by atoms with Crippen LogP contribution in [0.15, 0.2) is 30.3 Å². The molecular weight excluding hydrogens is 258 g/mol. The lowest BCUT2D eigenvalue weighted by Crippen LogP contribution is -2.30. The molecule has 21 heavy (non-hydrogen) atoms. The van der Waals surface area contributed by atoms with Gasteiger partial charge in [0.1, 0.15) is 5.82 Å². The van der Waals surface area contributed by atoms with Crippen molar-refractivity contribution in [1.29, 1.82) is 0 Å². The van der Waals surface area contributed by atoms with Crippen molar-refractivity contribution in [3.05, 3.63) is 35.9 Å². The molecule has 1 saturated heterocycles. The molecular formula is C18H25N3. The molecule has 1 aliphatic heterocycles. The summed E-state index contributed by atoms with van der Waals surface area (Å²) in [5.41, 5.74) is 2.31. The van der Waals surface area contributed by atoms with E-state index >= 15 is 0 Å². The number of likely N-dealkylation sites (tertiary alicyclic amines) is 1. The molecule has 0 saturated carbocycles. The summed E-state index contributed by atoms with van der Waals surface area (Å²) in [4.78, 5) is 7.18. The van der Waals surface area contributed by atoms with Crippen molar-refractivity contribution in [3.8, 4) is 0 Å². The number of pyridine rings is 1. The van der Waals surface area contributed by atoms with E-state index in [-0.39, 0.29) is 0 Å². The zero-order valence-electron chi connectivity index (χ0n) is 13.1. The minimum atomic E-state index is 0.870. The van der Waals surface area contributed by atoms with Crippen molar-refractivity contribution in [2.75, 3.05) is 32.0 Å². The van der Waals surface area contributed by atoms with Gasteiger partial charge in [-0.3, -0.25) is 0 Å². The van der Waals surface area contributed by atoms with Gasteiger partial charge in [0.2, 0.25) is 0 Å². The highest BCUT2D eigenvalue weighted by molar-refractivity contribution is 5.81. The molecule has 0 aliphatic carbocycles. The number of piperidine rings is 1. The summed E-state index contributed by atoms with van der Waals surface area (Å²) in [7, 11) is 2.22. The fourth-order valence-corrected chi connectivity index (χ4v) is 3.15. The van der Waals surface area contributed by atoms with Gasteiger partial charge in [0.15, 0.2) is 0 Å². The van der Waals surface area contributed by atoms with E-state index in [1.165, 1.54) is 43.3 Å². The molecule has 1 aromatic heterocycles. The van der Waals surface area contributed by atoms with Crippen LogP contribution >= 0.6 is 0 Å². The second-order valence-electron chi connectivity index (χ2n) is 6.31. The first-order valence-electron chi connectivity index (χ1n) is 8.01. The monoisotopic (exact) mass is 283 g/mol. The van der Waals surface area contributed by atoms with Gasteiger partial charge in [-0.1, -0.05) is 18.2 Å². The third-order valence-corrected chi connectivity index (χ3v) is 4.60. The molecule has 2 heterocycles. The van der Waals surface area contributed by atoms with Crippen molar-refractivity contribution in [2.24, 2.45) is 5.92 Å². The Hall–Kier alpha value is -1.61. The van der Waals surface area contributed by atoms with Crippen molar-refractivity contribution >= 4 is 16.7 Å². The lowest BCUT2D eigenvalue weighted by atomic mass is 9.94. The van der Waals surface area contributed by atoms with E-state index in [4.69, 9.17) is 4.98 Å². The molecule has 0 radical (unpaired) electrons. The Morgan fingerprint density at radius 1 is 1.24 bits per heavy atom. The smallest absolute Gasteiger partial charge is 0.129 e.